The maximum Gasteiger partial charge on any atom is 0.264 e. The minimum absolute atomic E-state index is 0.187. The number of carbonyl (C=O) groups excluding carboxylic acids is 1. The number of aromatic nitrogens is 2. The van der Waals surface area contributed by atoms with Crippen LogP contribution in [-0.4, -0.2) is 33.5 Å². The predicted molar refractivity (Wildman–Crippen MR) is 87.7 cm³/mol. The third-order valence-electron chi connectivity index (χ3n) is 4.81. The topological polar surface area (TPSA) is 59.2 Å². The van der Waals surface area contributed by atoms with E-state index in [2.05, 4.69) is 10.1 Å². The van der Waals surface area contributed by atoms with Crippen LogP contribution in [0.4, 0.5) is 0 Å². The van der Waals surface area contributed by atoms with Crippen LogP contribution in [0.25, 0.3) is 0 Å². The molecule has 0 N–H and O–H groups in total. The maximum atomic E-state index is 12.7. The number of hydrogen-bond donors (Lipinski definition) is 0. The average molecular weight is 331 g/mol. The van der Waals surface area contributed by atoms with Gasteiger partial charge in [-0.3, -0.25) is 4.79 Å². The Morgan fingerprint density at radius 2 is 2.30 bits per heavy atom. The van der Waals surface area contributed by atoms with Crippen molar-refractivity contribution in [2.75, 3.05) is 6.54 Å². The third kappa shape index (κ3) is 3.04. The number of thiophene rings is 1. The van der Waals surface area contributed by atoms with Gasteiger partial charge in [0.05, 0.1) is 4.88 Å². The number of rotatable bonds is 5. The monoisotopic (exact) mass is 331 g/mol. The summed E-state index contributed by atoms with van der Waals surface area (Å²) in [5.41, 5.74) is 1.08. The first kappa shape index (κ1) is 14.9. The lowest BCUT2D eigenvalue weighted by Gasteiger charge is -2.24. The Morgan fingerprint density at radius 3 is 3.04 bits per heavy atom. The van der Waals surface area contributed by atoms with Gasteiger partial charge in [0.15, 0.2) is 5.82 Å². The Kier molecular flexibility index (Phi) is 3.93. The van der Waals surface area contributed by atoms with Gasteiger partial charge >= 0.3 is 0 Å². The van der Waals surface area contributed by atoms with Gasteiger partial charge in [-0.15, -0.1) is 11.3 Å². The molecule has 1 aliphatic heterocycles. The molecule has 2 aromatic heterocycles. The highest BCUT2D eigenvalue weighted by atomic mass is 32.1. The van der Waals surface area contributed by atoms with Crippen molar-refractivity contribution >= 4 is 17.2 Å². The number of carbonyl (C=O) groups is 1. The van der Waals surface area contributed by atoms with E-state index in [0.717, 1.165) is 54.4 Å². The second-order valence-corrected chi connectivity index (χ2v) is 7.51. The van der Waals surface area contributed by atoms with Crippen LogP contribution >= 0.6 is 11.3 Å². The molecule has 2 aliphatic rings. The van der Waals surface area contributed by atoms with Crippen molar-refractivity contribution in [2.45, 2.75) is 57.4 Å². The summed E-state index contributed by atoms with van der Waals surface area (Å²) in [6, 6.07) is 2.31. The predicted octanol–water partition coefficient (Wildman–Crippen LogP) is 3.55. The molecule has 2 aromatic rings. The molecule has 4 rings (SSSR count). The molecule has 1 saturated carbocycles. The molecule has 3 heterocycles. The third-order valence-corrected chi connectivity index (χ3v) is 5.81. The highest BCUT2D eigenvalue weighted by molar-refractivity contribution is 7.12. The second kappa shape index (κ2) is 6.07. The molecule has 2 fully saturated rings. The molecule has 1 amide bonds. The number of aryl methyl sites for hydroxylation is 2. The van der Waals surface area contributed by atoms with Crippen LogP contribution < -0.4 is 0 Å². The zero-order valence-corrected chi connectivity index (χ0v) is 14.1. The molecule has 1 atom stereocenters. The van der Waals surface area contributed by atoms with Crippen LogP contribution in [0.1, 0.15) is 65.0 Å². The van der Waals surface area contributed by atoms with Crippen molar-refractivity contribution in [3.63, 3.8) is 0 Å². The number of likely N-dealkylation sites (tertiary alicyclic amines) is 1. The normalized spacial score (nSPS) is 21.1. The molecule has 0 aromatic carbocycles. The average Bonchev–Trinajstić information content (AvgIpc) is 2.97. The minimum atomic E-state index is 0.187. The van der Waals surface area contributed by atoms with Gasteiger partial charge in [0.25, 0.3) is 5.91 Å². The van der Waals surface area contributed by atoms with Crippen molar-refractivity contribution in [3.05, 3.63) is 33.6 Å². The minimum Gasteiger partial charge on any atom is -0.339 e. The molecule has 5 nitrogen and oxygen atoms in total. The van der Waals surface area contributed by atoms with E-state index in [0.29, 0.717) is 12.0 Å². The van der Waals surface area contributed by atoms with E-state index in [-0.39, 0.29) is 5.91 Å². The van der Waals surface area contributed by atoms with E-state index in [1.165, 1.54) is 12.8 Å². The van der Waals surface area contributed by atoms with Crippen LogP contribution in [0.5, 0.6) is 0 Å². The number of hydrogen-bond acceptors (Lipinski definition) is 5. The fourth-order valence-electron chi connectivity index (χ4n) is 3.29. The van der Waals surface area contributed by atoms with E-state index in [1.807, 2.05) is 23.3 Å². The fourth-order valence-corrected chi connectivity index (χ4v) is 4.17. The fraction of sp³-hybridized carbons (Fsp3) is 0.588. The first-order valence-corrected chi connectivity index (χ1v) is 9.28. The lowest BCUT2D eigenvalue weighted by atomic mass is 10.1. The number of nitrogens with zero attached hydrogens (tertiary/aromatic N) is 3. The lowest BCUT2D eigenvalue weighted by molar-refractivity contribution is 0.0734. The standard InChI is InChI=1S/C17H21N3O2S/c1-11-8-10-23-15(11)17(21)20-9-2-3-13(20)6-7-14-18-16(22-19-14)12-4-5-12/h8,10,12-13H,2-7,9H2,1H3. The van der Waals surface area contributed by atoms with Crippen LogP contribution in [0, 0.1) is 6.92 Å². The molecular formula is C17H21N3O2S. The summed E-state index contributed by atoms with van der Waals surface area (Å²) in [4.78, 5) is 20.2. The van der Waals surface area contributed by atoms with E-state index in [4.69, 9.17) is 4.52 Å². The summed E-state index contributed by atoms with van der Waals surface area (Å²) in [6.45, 7) is 2.87. The van der Waals surface area contributed by atoms with E-state index in [9.17, 15) is 4.79 Å². The van der Waals surface area contributed by atoms with Crippen LogP contribution in [0.3, 0.4) is 0 Å². The van der Waals surface area contributed by atoms with Gasteiger partial charge in [0, 0.05) is 24.9 Å². The molecule has 23 heavy (non-hydrogen) atoms. The zero-order chi connectivity index (χ0) is 15.8. The summed E-state index contributed by atoms with van der Waals surface area (Å²) in [7, 11) is 0. The summed E-state index contributed by atoms with van der Waals surface area (Å²) in [6.07, 6.45) is 6.21. The molecule has 122 valence electrons. The first-order chi connectivity index (χ1) is 11.2. The molecule has 0 spiro atoms. The van der Waals surface area contributed by atoms with Gasteiger partial charge in [0.1, 0.15) is 0 Å². The van der Waals surface area contributed by atoms with Gasteiger partial charge in [0.2, 0.25) is 5.89 Å². The van der Waals surface area contributed by atoms with Crippen molar-refractivity contribution in [1.29, 1.82) is 0 Å². The van der Waals surface area contributed by atoms with E-state index in [1.54, 1.807) is 11.3 Å². The summed E-state index contributed by atoms with van der Waals surface area (Å²) < 4.78 is 5.31. The summed E-state index contributed by atoms with van der Waals surface area (Å²) in [5.74, 6) is 2.28. The quantitative estimate of drug-likeness (QED) is 0.840. The van der Waals surface area contributed by atoms with Crippen LogP contribution in [0.15, 0.2) is 16.0 Å². The second-order valence-electron chi connectivity index (χ2n) is 6.59. The van der Waals surface area contributed by atoms with Gasteiger partial charge in [-0.2, -0.15) is 4.98 Å². The van der Waals surface area contributed by atoms with E-state index < -0.39 is 0 Å². The van der Waals surface area contributed by atoms with Gasteiger partial charge in [-0.1, -0.05) is 5.16 Å². The van der Waals surface area contributed by atoms with Crippen molar-refractivity contribution < 1.29 is 9.32 Å². The first-order valence-electron chi connectivity index (χ1n) is 8.40. The SMILES string of the molecule is Cc1ccsc1C(=O)N1CCCC1CCc1noc(C2CC2)n1. The van der Waals surface area contributed by atoms with Gasteiger partial charge < -0.3 is 9.42 Å². The largest absolute Gasteiger partial charge is 0.339 e. The summed E-state index contributed by atoms with van der Waals surface area (Å²) in [5, 5.41) is 6.08. The lowest BCUT2D eigenvalue weighted by Crippen LogP contribution is -2.35. The van der Waals surface area contributed by atoms with Crippen molar-refractivity contribution in [2.24, 2.45) is 0 Å². The van der Waals surface area contributed by atoms with Crippen molar-refractivity contribution in [1.82, 2.24) is 15.0 Å². The maximum absolute atomic E-state index is 12.7. The Labute approximate surface area is 139 Å². The van der Waals surface area contributed by atoms with Crippen molar-refractivity contribution in [3.8, 4) is 0 Å². The molecule has 0 radical (unpaired) electrons. The Morgan fingerprint density at radius 1 is 1.43 bits per heavy atom. The Balaban J connectivity index is 1.39. The van der Waals surface area contributed by atoms with Crippen LogP contribution in [0.2, 0.25) is 0 Å². The Bertz CT molecular complexity index is 704. The molecule has 0 bridgehead atoms. The highest BCUT2D eigenvalue weighted by Gasteiger charge is 2.32. The molecule has 1 saturated heterocycles. The van der Waals surface area contributed by atoms with Crippen LogP contribution in [-0.2, 0) is 6.42 Å². The smallest absolute Gasteiger partial charge is 0.264 e. The molecule has 1 unspecified atom stereocenters. The molecular weight excluding hydrogens is 310 g/mol. The summed E-state index contributed by atoms with van der Waals surface area (Å²) >= 11 is 1.54. The highest BCUT2D eigenvalue weighted by Crippen LogP contribution is 2.39. The molecule has 6 heteroatoms. The van der Waals surface area contributed by atoms with E-state index >= 15 is 0 Å². The molecule has 1 aliphatic carbocycles. The van der Waals surface area contributed by atoms with Gasteiger partial charge in [-0.05, 0) is 56.0 Å². The zero-order valence-electron chi connectivity index (χ0n) is 13.3. The Hall–Kier alpha value is -1.69. The number of amides is 1. The van der Waals surface area contributed by atoms with Gasteiger partial charge in [-0.25, -0.2) is 0 Å².